The van der Waals surface area contributed by atoms with Crippen molar-refractivity contribution in [3.8, 4) is 0 Å². The molecule has 1 N–H and O–H groups in total. The van der Waals surface area contributed by atoms with Crippen molar-refractivity contribution in [2.24, 2.45) is 5.92 Å². The van der Waals surface area contributed by atoms with E-state index in [1.54, 1.807) is 20.9 Å². The molecule has 0 radical (unpaired) electrons. The molecule has 7 heteroatoms. The number of likely N-dealkylation sites (tertiary alicyclic amines) is 1. The molecular weight excluding hydrogens is 273 g/mol. The predicted molar refractivity (Wildman–Crippen MR) is 69.3 cm³/mol. The number of nitrogens with zero attached hydrogens (tertiary/aromatic N) is 1. The summed E-state index contributed by atoms with van der Waals surface area (Å²) in [7, 11) is 1.65. The summed E-state index contributed by atoms with van der Waals surface area (Å²) >= 11 is 0. The van der Waals surface area contributed by atoms with Crippen LogP contribution in [0.15, 0.2) is 0 Å². The van der Waals surface area contributed by atoms with Gasteiger partial charge in [-0.2, -0.15) is 13.2 Å². The molecule has 1 rings (SSSR count). The molecular formula is C13H23F3N2O2. The van der Waals surface area contributed by atoms with E-state index in [-0.39, 0.29) is 25.4 Å². The summed E-state index contributed by atoms with van der Waals surface area (Å²) < 4.78 is 42.8. The Morgan fingerprint density at radius 1 is 1.35 bits per heavy atom. The number of hydrogen-bond donors (Lipinski definition) is 1. The van der Waals surface area contributed by atoms with Gasteiger partial charge >= 0.3 is 12.1 Å². The van der Waals surface area contributed by atoms with E-state index in [4.69, 9.17) is 4.74 Å². The first kappa shape index (κ1) is 17.2. The molecule has 0 aromatic carbocycles. The van der Waals surface area contributed by atoms with Crippen LogP contribution in [0.2, 0.25) is 0 Å². The number of nitrogens with one attached hydrogen (secondary N) is 1. The zero-order valence-corrected chi connectivity index (χ0v) is 12.2. The van der Waals surface area contributed by atoms with Gasteiger partial charge < -0.3 is 15.0 Å². The monoisotopic (exact) mass is 296 g/mol. The molecule has 0 bridgehead atoms. The Bertz CT molecular complexity index is 328. The van der Waals surface area contributed by atoms with Gasteiger partial charge in [-0.1, -0.05) is 0 Å². The van der Waals surface area contributed by atoms with Gasteiger partial charge in [0.05, 0.1) is 12.5 Å². The molecule has 1 saturated heterocycles. The third kappa shape index (κ3) is 4.34. The van der Waals surface area contributed by atoms with E-state index in [1.807, 2.05) is 4.90 Å². The minimum absolute atomic E-state index is 0.0894. The summed E-state index contributed by atoms with van der Waals surface area (Å²) in [5, 5.41) is 2.91. The fourth-order valence-electron chi connectivity index (χ4n) is 2.40. The first-order valence-corrected chi connectivity index (χ1v) is 6.88. The van der Waals surface area contributed by atoms with Crippen molar-refractivity contribution in [2.45, 2.75) is 38.4 Å². The van der Waals surface area contributed by atoms with Gasteiger partial charge in [0.1, 0.15) is 5.54 Å². The number of halogens is 3. The first-order valence-electron chi connectivity index (χ1n) is 6.88. The smallest absolute Gasteiger partial charge is 0.391 e. The van der Waals surface area contributed by atoms with Gasteiger partial charge in [-0.15, -0.1) is 0 Å². The number of esters is 1. The molecule has 4 nitrogen and oxygen atoms in total. The lowest BCUT2D eigenvalue weighted by Gasteiger charge is -2.38. The maximum atomic E-state index is 12.6. The third-order valence-corrected chi connectivity index (χ3v) is 3.87. The number of carbonyl (C=O) groups is 1. The Kier molecular flexibility index (Phi) is 5.82. The van der Waals surface area contributed by atoms with Crippen molar-refractivity contribution < 1.29 is 22.7 Å². The van der Waals surface area contributed by atoms with Crippen LogP contribution in [-0.2, 0) is 9.53 Å². The number of rotatable bonds is 5. The van der Waals surface area contributed by atoms with Crippen molar-refractivity contribution in [3.05, 3.63) is 0 Å². The van der Waals surface area contributed by atoms with Crippen molar-refractivity contribution in [2.75, 3.05) is 33.3 Å². The first-order chi connectivity index (χ1) is 9.23. The molecule has 1 aliphatic rings. The normalized spacial score (nSPS) is 21.5. The molecule has 1 fully saturated rings. The lowest BCUT2D eigenvalue weighted by molar-refractivity contribution is -0.185. The quantitative estimate of drug-likeness (QED) is 0.786. The molecule has 1 atom stereocenters. The van der Waals surface area contributed by atoms with Crippen LogP contribution in [0.5, 0.6) is 0 Å². The second-order valence-corrected chi connectivity index (χ2v) is 5.39. The Labute approximate surface area is 117 Å². The molecule has 0 aromatic heterocycles. The van der Waals surface area contributed by atoms with E-state index in [2.05, 4.69) is 5.32 Å². The fraction of sp³-hybridized carbons (Fsp3) is 0.923. The summed E-state index contributed by atoms with van der Waals surface area (Å²) in [6, 6.07) is 0. The van der Waals surface area contributed by atoms with Gasteiger partial charge in [0, 0.05) is 6.54 Å². The molecule has 118 valence electrons. The number of ether oxygens (including phenoxy) is 1. The number of piperidine rings is 1. The molecule has 20 heavy (non-hydrogen) atoms. The van der Waals surface area contributed by atoms with Crippen molar-refractivity contribution in [3.63, 3.8) is 0 Å². The second kappa shape index (κ2) is 6.76. The highest BCUT2D eigenvalue weighted by atomic mass is 19.4. The molecule has 0 aromatic rings. The molecule has 0 spiro atoms. The van der Waals surface area contributed by atoms with Gasteiger partial charge in [-0.05, 0) is 46.8 Å². The highest BCUT2D eigenvalue weighted by Gasteiger charge is 2.42. The van der Waals surface area contributed by atoms with Crippen LogP contribution in [0.4, 0.5) is 13.2 Å². The summed E-state index contributed by atoms with van der Waals surface area (Å²) in [6.45, 7) is 4.77. The lowest BCUT2D eigenvalue weighted by Crippen LogP contribution is -2.57. The largest absolute Gasteiger partial charge is 0.465 e. The van der Waals surface area contributed by atoms with Gasteiger partial charge in [-0.25, -0.2) is 0 Å². The van der Waals surface area contributed by atoms with Crippen LogP contribution < -0.4 is 5.32 Å². The summed E-state index contributed by atoms with van der Waals surface area (Å²) in [6.07, 6.45) is -3.93. The van der Waals surface area contributed by atoms with E-state index in [1.165, 1.54) is 0 Å². The molecule has 0 aliphatic carbocycles. The average Bonchev–Trinajstić information content (AvgIpc) is 2.38. The van der Waals surface area contributed by atoms with Crippen LogP contribution in [-0.4, -0.2) is 55.9 Å². The van der Waals surface area contributed by atoms with Crippen LogP contribution in [0.25, 0.3) is 0 Å². The predicted octanol–water partition coefficient (Wildman–Crippen LogP) is 1.80. The molecule has 0 saturated carbocycles. The van der Waals surface area contributed by atoms with Gasteiger partial charge in [0.15, 0.2) is 0 Å². The van der Waals surface area contributed by atoms with E-state index in [9.17, 15) is 18.0 Å². The van der Waals surface area contributed by atoms with Gasteiger partial charge in [-0.3, -0.25) is 4.79 Å². The van der Waals surface area contributed by atoms with Crippen molar-refractivity contribution in [1.29, 1.82) is 0 Å². The van der Waals surface area contributed by atoms with Crippen LogP contribution >= 0.6 is 0 Å². The molecule has 1 unspecified atom stereocenters. The Balaban J connectivity index is 2.55. The minimum Gasteiger partial charge on any atom is -0.465 e. The number of alkyl halides is 3. The fourth-order valence-corrected chi connectivity index (χ4v) is 2.40. The maximum Gasteiger partial charge on any atom is 0.391 e. The molecule has 0 amide bonds. The average molecular weight is 296 g/mol. The summed E-state index contributed by atoms with van der Waals surface area (Å²) in [5.74, 6) is -1.59. The van der Waals surface area contributed by atoms with E-state index in [0.717, 1.165) is 0 Å². The third-order valence-electron chi connectivity index (χ3n) is 3.87. The zero-order chi connectivity index (χ0) is 15.4. The standard InChI is InChI=1S/C13H23F3N2O2/c1-4-20-11(19)12(2,17-3)9-18-7-5-10(6-8-18)13(14,15)16/h10,17H,4-9H2,1-3H3. The SMILES string of the molecule is CCOC(=O)C(C)(CN1CCC(C(F)(F)F)CC1)NC. The zero-order valence-electron chi connectivity index (χ0n) is 12.2. The number of likely N-dealkylation sites (N-methyl/N-ethyl adjacent to an activating group) is 1. The van der Waals surface area contributed by atoms with Gasteiger partial charge in [0.25, 0.3) is 0 Å². The Hall–Kier alpha value is -0.820. The Morgan fingerprint density at radius 3 is 2.30 bits per heavy atom. The molecule has 1 aliphatic heterocycles. The van der Waals surface area contributed by atoms with E-state index >= 15 is 0 Å². The van der Waals surface area contributed by atoms with Crippen LogP contribution in [0.1, 0.15) is 26.7 Å². The second-order valence-electron chi connectivity index (χ2n) is 5.39. The highest BCUT2D eigenvalue weighted by Crippen LogP contribution is 2.34. The number of carbonyl (C=O) groups excluding carboxylic acids is 1. The maximum absolute atomic E-state index is 12.6. The minimum atomic E-state index is -4.11. The Morgan fingerprint density at radius 2 is 1.90 bits per heavy atom. The topological polar surface area (TPSA) is 41.6 Å². The lowest BCUT2D eigenvalue weighted by atomic mass is 9.94. The van der Waals surface area contributed by atoms with E-state index < -0.39 is 17.6 Å². The van der Waals surface area contributed by atoms with E-state index in [0.29, 0.717) is 19.6 Å². The van der Waals surface area contributed by atoms with Crippen LogP contribution in [0, 0.1) is 5.92 Å². The van der Waals surface area contributed by atoms with Crippen LogP contribution in [0.3, 0.4) is 0 Å². The van der Waals surface area contributed by atoms with Gasteiger partial charge in [0.2, 0.25) is 0 Å². The highest BCUT2D eigenvalue weighted by molar-refractivity contribution is 5.80. The van der Waals surface area contributed by atoms with Crippen molar-refractivity contribution >= 4 is 5.97 Å². The molecule has 1 heterocycles. The number of hydrogen-bond acceptors (Lipinski definition) is 4. The summed E-state index contributed by atoms with van der Waals surface area (Å²) in [4.78, 5) is 13.8. The van der Waals surface area contributed by atoms with Crippen molar-refractivity contribution in [1.82, 2.24) is 10.2 Å². The summed E-state index contributed by atoms with van der Waals surface area (Å²) in [5.41, 5.74) is -0.888.